The summed E-state index contributed by atoms with van der Waals surface area (Å²) in [4.78, 5) is 36.1. The Hall–Kier alpha value is -3.35. The van der Waals surface area contributed by atoms with Crippen LogP contribution in [0.3, 0.4) is 0 Å². The maximum atomic E-state index is 12.4. The molecule has 2 atom stereocenters. The van der Waals surface area contributed by atoms with Crippen molar-refractivity contribution in [2.75, 3.05) is 19.7 Å². The lowest BCUT2D eigenvalue weighted by molar-refractivity contribution is -0.145. The lowest BCUT2D eigenvalue weighted by Gasteiger charge is -2.31. The highest BCUT2D eigenvalue weighted by Gasteiger charge is 2.33. The number of hydrogen-bond acceptors (Lipinski definition) is 4. The zero-order valence-corrected chi connectivity index (χ0v) is 19.5. The van der Waals surface area contributed by atoms with E-state index in [1.807, 2.05) is 24.3 Å². The normalized spacial score (nSPS) is 16.5. The standard InChI is InChI=1S/C27H32N2O5/c1-17(25(30)29-15-23(26(31)32)18-7-6-8-18)13-14-28-27(33)34-16-24-21-11-4-2-9-19(21)20-10-3-5-12-22(20)24/h2-5,9-12,17-18,23-24H,6-8,13-16H2,1H3,(H,28,33)(H,29,30)(H,31,32). The van der Waals surface area contributed by atoms with Crippen molar-refractivity contribution in [1.82, 2.24) is 10.6 Å². The van der Waals surface area contributed by atoms with Crippen LogP contribution in [0, 0.1) is 17.8 Å². The van der Waals surface area contributed by atoms with Gasteiger partial charge in [0.1, 0.15) is 6.61 Å². The third-order valence-corrected chi connectivity index (χ3v) is 7.17. The number of ether oxygens (including phenoxy) is 1. The average Bonchev–Trinajstić information content (AvgIpc) is 3.12. The summed E-state index contributed by atoms with van der Waals surface area (Å²) in [6, 6.07) is 16.3. The van der Waals surface area contributed by atoms with Crippen LogP contribution in [0.5, 0.6) is 0 Å². The minimum atomic E-state index is -0.852. The largest absolute Gasteiger partial charge is 0.481 e. The molecule has 4 rings (SSSR count). The predicted octanol–water partition coefficient (Wildman–Crippen LogP) is 4.17. The van der Waals surface area contributed by atoms with E-state index in [0.29, 0.717) is 13.0 Å². The summed E-state index contributed by atoms with van der Waals surface area (Å²) >= 11 is 0. The lowest BCUT2D eigenvalue weighted by Crippen LogP contribution is -2.41. The van der Waals surface area contributed by atoms with Crippen LogP contribution in [-0.4, -0.2) is 42.8 Å². The molecule has 0 aromatic heterocycles. The van der Waals surface area contributed by atoms with Gasteiger partial charge in [-0.25, -0.2) is 4.79 Å². The molecule has 1 saturated carbocycles. The molecule has 2 amide bonds. The molecule has 0 saturated heterocycles. The van der Waals surface area contributed by atoms with Crippen molar-refractivity contribution < 1.29 is 24.2 Å². The van der Waals surface area contributed by atoms with Crippen LogP contribution in [0.25, 0.3) is 11.1 Å². The van der Waals surface area contributed by atoms with Gasteiger partial charge >= 0.3 is 12.1 Å². The van der Waals surface area contributed by atoms with Crippen LogP contribution in [0.15, 0.2) is 48.5 Å². The van der Waals surface area contributed by atoms with E-state index < -0.39 is 18.0 Å². The fraction of sp³-hybridized carbons (Fsp3) is 0.444. The molecule has 0 spiro atoms. The lowest BCUT2D eigenvalue weighted by atomic mass is 9.76. The molecule has 3 N–H and O–H groups in total. The Morgan fingerprint density at radius 1 is 1.00 bits per heavy atom. The van der Waals surface area contributed by atoms with Crippen LogP contribution < -0.4 is 10.6 Å². The Balaban J connectivity index is 1.20. The molecule has 1 fully saturated rings. The molecule has 2 aliphatic carbocycles. The fourth-order valence-corrected chi connectivity index (χ4v) is 4.85. The highest BCUT2D eigenvalue weighted by Crippen LogP contribution is 2.44. The van der Waals surface area contributed by atoms with Crippen LogP contribution in [0.4, 0.5) is 4.79 Å². The third kappa shape index (κ3) is 5.24. The fourth-order valence-electron chi connectivity index (χ4n) is 4.85. The van der Waals surface area contributed by atoms with Crippen molar-refractivity contribution in [3.8, 4) is 11.1 Å². The number of alkyl carbamates (subject to hydrolysis) is 1. The van der Waals surface area contributed by atoms with Gasteiger partial charge in [0.2, 0.25) is 5.91 Å². The van der Waals surface area contributed by atoms with Crippen LogP contribution in [0.1, 0.15) is 49.7 Å². The molecule has 0 bridgehead atoms. The summed E-state index contributed by atoms with van der Waals surface area (Å²) in [6.07, 6.45) is 2.81. The SMILES string of the molecule is CC(CCNC(=O)OCC1c2ccccc2-c2ccccc21)C(=O)NCC(C(=O)O)C1CCC1. The molecule has 0 radical (unpaired) electrons. The zero-order valence-electron chi connectivity index (χ0n) is 19.5. The molecule has 7 heteroatoms. The number of rotatable bonds is 10. The number of carboxylic acids is 1. The summed E-state index contributed by atoms with van der Waals surface area (Å²) in [5.41, 5.74) is 4.66. The van der Waals surface area contributed by atoms with Gasteiger partial charge in [0.15, 0.2) is 0 Å². The van der Waals surface area contributed by atoms with Crippen molar-refractivity contribution in [3.63, 3.8) is 0 Å². The Morgan fingerprint density at radius 2 is 1.62 bits per heavy atom. The van der Waals surface area contributed by atoms with Gasteiger partial charge in [0.25, 0.3) is 0 Å². The number of fused-ring (bicyclic) bond motifs is 3. The van der Waals surface area contributed by atoms with Crippen LogP contribution in [0.2, 0.25) is 0 Å². The molecule has 180 valence electrons. The van der Waals surface area contributed by atoms with E-state index in [9.17, 15) is 19.5 Å². The Kier molecular flexibility index (Phi) is 7.50. The minimum absolute atomic E-state index is 0.000648. The second-order valence-corrected chi connectivity index (χ2v) is 9.32. The molecule has 0 aliphatic heterocycles. The summed E-state index contributed by atoms with van der Waals surface area (Å²) in [5, 5.41) is 14.9. The second-order valence-electron chi connectivity index (χ2n) is 9.32. The monoisotopic (exact) mass is 464 g/mol. The first kappa shape index (κ1) is 23.8. The summed E-state index contributed by atoms with van der Waals surface area (Å²) < 4.78 is 5.52. The number of carbonyl (C=O) groups is 3. The van der Waals surface area contributed by atoms with Crippen molar-refractivity contribution in [3.05, 3.63) is 59.7 Å². The zero-order chi connectivity index (χ0) is 24.1. The molecule has 2 aromatic carbocycles. The predicted molar refractivity (Wildman–Crippen MR) is 128 cm³/mol. The Morgan fingerprint density at radius 3 is 2.18 bits per heavy atom. The highest BCUT2D eigenvalue weighted by molar-refractivity contribution is 5.80. The number of benzene rings is 2. The van der Waals surface area contributed by atoms with E-state index in [1.165, 1.54) is 11.1 Å². The van der Waals surface area contributed by atoms with Crippen molar-refractivity contribution in [2.45, 2.75) is 38.5 Å². The smallest absolute Gasteiger partial charge is 0.407 e. The van der Waals surface area contributed by atoms with Gasteiger partial charge in [-0.2, -0.15) is 0 Å². The molecule has 7 nitrogen and oxygen atoms in total. The van der Waals surface area contributed by atoms with Crippen molar-refractivity contribution in [2.24, 2.45) is 17.8 Å². The summed E-state index contributed by atoms with van der Waals surface area (Å²) in [5.74, 6) is -1.76. The Labute approximate surface area is 199 Å². The van der Waals surface area contributed by atoms with Crippen molar-refractivity contribution in [1.29, 1.82) is 0 Å². The van der Waals surface area contributed by atoms with E-state index >= 15 is 0 Å². The van der Waals surface area contributed by atoms with E-state index in [-0.39, 0.29) is 36.8 Å². The Bertz CT molecular complexity index is 1000. The summed E-state index contributed by atoms with van der Waals surface area (Å²) in [6.45, 7) is 2.47. The van der Waals surface area contributed by atoms with Gasteiger partial charge in [-0.1, -0.05) is 61.9 Å². The van der Waals surface area contributed by atoms with E-state index in [1.54, 1.807) is 6.92 Å². The van der Waals surface area contributed by atoms with E-state index in [0.717, 1.165) is 30.4 Å². The van der Waals surface area contributed by atoms with Gasteiger partial charge in [-0.05, 0) is 47.4 Å². The van der Waals surface area contributed by atoms with Gasteiger partial charge < -0.3 is 20.5 Å². The number of nitrogens with one attached hydrogen (secondary N) is 2. The first-order valence-electron chi connectivity index (χ1n) is 12.0. The molecule has 2 aromatic rings. The number of hydrogen-bond donors (Lipinski definition) is 3. The second kappa shape index (κ2) is 10.7. The minimum Gasteiger partial charge on any atom is -0.481 e. The van der Waals surface area contributed by atoms with Gasteiger partial charge in [0.05, 0.1) is 5.92 Å². The van der Waals surface area contributed by atoms with E-state index in [2.05, 4.69) is 34.9 Å². The van der Waals surface area contributed by atoms with E-state index in [4.69, 9.17) is 4.74 Å². The highest BCUT2D eigenvalue weighted by atomic mass is 16.5. The molecule has 0 heterocycles. The maximum absolute atomic E-state index is 12.4. The van der Waals surface area contributed by atoms with Gasteiger partial charge in [-0.15, -0.1) is 0 Å². The molecular weight excluding hydrogens is 432 g/mol. The maximum Gasteiger partial charge on any atom is 0.407 e. The number of carboxylic acid groups (broad SMARTS) is 1. The third-order valence-electron chi connectivity index (χ3n) is 7.17. The molecular formula is C27H32N2O5. The van der Waals surface area contributed by atoms with Gasteiger partial charge in [0, 0.05) is 24.9 Å². The molecule has 2 unspecified atom stereocenters. The molecule has 34 heavy (non-hydrogen) atoms. The average molecular weight is 465 g/mol. The molecule has 2 aliphatic rings. The van der Waals surface area contributed by atoms with Crippen LogP contribution in [-0.2, 0) is 14.3 Å². The number of amides is 2. The number of aliphatic carboxylic acids is 1. The summed E-state index contributed by atoms with van der Waals surface area (Å²) in [7, 11) is 0. The first-order valence-corrected chi connectivity index (χ1v) is 12.0. The first-order chi connectivity index (χ1) is 16.5. The quantitative estimate of drug-likeness (QED) is 0.490. The number of carbonyl (C=O) groups excluding carboxylic acids is 2. The topological polar surface area (TPSA) is 105 Å². The van der Waals surface area contributed by atoms with Crippen molar-refractivity contribution >= 4 is 18.0 Å². The van der Waals surface area contributed by atoms with Crippen LogP contribution >= 0.6 is 0 Å². The van der Waals surface area contributed by atoms with Gasteiger partial charge in [-0.3, -0.25) is 9.59 Å².